The number of amides is 1. The number of aryl methyl sites for hydroxylation is 1. The van der Waals surface area contributed by atoms with Crippen molar-refractivity contribution < 1.29 is 14.7 Å². The maximum Gasteiger partial charge on any atom is 0.336 e. The second-order valence-corrected chi connectivity index (χ2v) is 4.31. The fraction of sp³-hybridized carbons (Fsp3) is 0.143. The number of carbonyl (C=O) groups is 2. The molecular formula is C14H14N2O3. The number of carboxylic acid groups (broad SMARTS) is 1. The minimum atomic E-state index is -1.00. The minimum absolute atomic E-state index is 0.196. The van der Waals surface area contributed by atoms with Crippen LogP contribution in [0.5, 0.6) is 0 Å². The van der Waals surface area contributed by atoms with Gasteiger partial charge in [0.15, 0.2) is 0 Å². The number of aromatic amines is 1. The summed E-state index contributed by atoms with van der Waals surface area (Å²) in [5.74, 6) is -1.30. The fourth-order valence-corrected chi connectivity index (χ4v) is 1.82. The first-order valence-corrected chi connectivity index (χ1v) is 5.78. The molecule has 0 bridgehead atoms. The number of H-pyrrole nitrogens is 1. The van der Waals surface area contributed by atoms with Crippen LogP contribution in [0.3, 0.4) is 0 Å². The Bertz CT molecular complexity index is 630. The summed E-state index contributed by atoms with van der Waals surface area (Å²) < 4.78 is 0. The van der Waals surface area contributed by atoms with Crippen molar-refractivity contribution in [3.63, 3.8) is 0 Å². The molecule has 5 nitrogen and oxygen atoms in total. The van der Waals surface area contributed by atoms with E-state index < -0.39 is 5.97 Å². The summed E-state index contributed by atoms with van der Waals surface area (Å²) in [4.78, 5) is 25.8. The van der Waals surface area contributed by atoms with E-state index in [1.165, 1.54) is 6.07 Å². The molecule has 0 aliphatic carbocycles. The van der Waals surface area contributed by atoms with Gasteiger partial charge in [0, 0.05) is 11.9 Å². The van der Waals surface area contributed by atoms with Gasteiger partial charge >= 0.3 is 5.97 Å². The highest BCUT2D eigenvalue weighted by molar-refractivity contribution is 6.03. The summed E-state index contributed by atoms with van der Waals surface area (Å²) in [5.41, 5.74) is 2.61. The predicted octanol–water partition coefficient (Wildman–Crippen LogP) is 2.58. The lowest BCUT2D eigenvalue weighted by Crippen LogP contribution is -2.13. The monoisotopic (exact) mass is 258 g/mol. The van der Waals surface area contributed by atoms with Crippen LogP contribution >= 0.6 is 0 Å². The standard InChI is InChI=1S/C14H14N2O3/c1-8-6-10(7-11(9(8)2)14(18)19)16-13(17)12-4-3-5-15-12/h3-7,15H,1-2H3,(H,16,17)(H,18,19). The first kappa shape index (κ1) is 12.9. The number of carboxylic acids is 1. The van der Waals surface area contributed by atoms with Gasteiger partial charge in [0.1, 0.15) is 5.69 Å². The van der Waals surface area contributed by atoms with Gasteiger partial charge in [0.05, 0.1) is 5.56 Å². The van der Waals surface area contributed by atoms with Crippen molar-refractivity contribution in [2.75, 3.05) is 5.32 Å². The summed E-state index contributed by atoms with van der Waals surface area (Å²) in [7, 11) is 0. The van der Waals surface area contributed by atoms with Crippen molar-refractivity contribution in [1.82, 2.24) is 4.98 Å². The van der Waals surface area contributed by atoms with Gasteiger partial charge in [-0.3, -0.25) is 4.79 Å². The van der Waals surface area contributed by atoms with Gasteiger partial charge in [0.2, 0.25) is 0 Å². The second-order valence-electron chi connectivity index (χ2n) is 4.31. The molecule has 0 spiro atoms. The molecule has 0 saturated carbocycles. The molecule has 0 saturated heterocycles. The van der Waals surface area contributed by atoms with Crippen LogP contribution < -0.4 is 5.32 Å². The summed E-state index contributed by atoms with van der Waals surface area (Å²) in [6, 6.07) is 6.58. The van der Waals surface area contributed by atoms with E-state index in [1.807, 2.05) is 6.92 Å². The molecule has 2 aromatic rings. The molecule has 1 amide bonds. The topological polar surface area (TPSA) is 82.2 Å². The molecule has 98 valence electrons. The Morgan fingerprint density at radius 3 is 2.58 bits per heavy atom. The lowest BCUT2D eigenvalue weighted by atomic mass is 10.0. The van der Waals surface area contributed by atoms with E-state index in [4.69, 9.17) is 5.11 Å². The fourth-order valence-electron chi connectivity index (χ4n) is 1.82. The first-order chi connectivity index (χ1) is 8.99. The van der Waals surface area contributed by atoms with E-state index in [1.54, 1.807) is 31.3 Å². The van der Waals surface area contributed by atoms with Crippen LogP contribution in [0.15, 0.2) is 30.5 Å². The van der Waals surface area contributed by atoms with Crippen molar-refractivity contribution in [2.24, 2.45) is 0 Å². The zero-order valence-electron chi connectivity index (χ0n) is 10.7. The summed E-state index contributed by atoms with van der Waals surface area (Å²) in [6.45, 7) is 3.56. The molecule has 0 unspecified atom stereocenters. The Balaban J connectivity index is 2.31. The van der Waals surface area contributed by atoms with Gasteiger partial charge in [-0.2, -0.15) is 0 Å². The van der Waals surface area contributed by atoms with E-state index in [2.05, 4.69) is 10.3 Å². The SMILES string of the molecule is Cc1cc(NC(=O)c2ccc[nH]2)cc(C(=O)O)c1C. The highest BCUT2D eigenvalue weighted by Crippen LogP contribution is 2.20. The Kier molecular flexibility index (Phi) is 3.37. The molecule has 0 radical (unpaired) electrons. The molecule has 1 aromatic heterocycles. The third-order valence-electron chi connectivity index (χ3n) is 3.00. The maximum absolute atomic E-state index is 11.9. The van der Waals surface area contributed by atoms with Gasteiger partial charge in [-0.15, -0.1) is 0 Å². The Morgan fingerprint density at radius 2 is 2.00 bits per heavy atom. The lowest BCUT2D eigenvalue weighted by Gasteiger charge is -2.10. The molecule has 19 heavy (non-hydrogen) atoms. The van der Waals surface area contributed by atoms with Gasteiger partial charge in [-0.05, 0) is 49.2 Å². The quantitative estimate of drug-likeness (QED) is 0.791. The highest BCUT2D eigenvalue weighted by atomic mass is 16.4. The summed E-state index contributed by atoms with van der Waals surface area (Å²) in [5, 5.41) is 11.8. The molecule has 0 atom stereocenters. The molecule has 0 fully saturated rings. The number of hydrogen-bond acceptors (Lipinski definition) is 2. The average Bonchev–Trinajstić information content (AvgIpc) is 2.86. The van der Waals surface area contributed by atoms with Gasteiger partial charge < -0.3 is 15.4 Å². The summed E-state index contributed by atoms with van der Waals surface area (Å²) >= 11 is 0. The third-order valence-corrected chi connectivity index (χ3v) is 3.00. The Labute approximate surface area is 110 Å². The van der Waals surface area contributed by atoms with Crippen molar-refractivity contribution >= 4 is 17.6 Å². The smallest absolute Gasteiger partial charge is 0.336 e. The first-order valence-electron chi connectivity index (χ1n) is 5.78. The minimum Gasteiger partial charge on any atom is -0.478 e. The molecule has 0 aliphatic rings. The lowest BCUT2D eigenvalue weighted by molar-refractivity contribution is 0.0695. The van der Waals surface area contributed by atoms with E-state index >= 15 is 0 Å². The van der Waals surface area contributed by atoms with E-state index in [0.717, 1.165) is 5.56 Å². The number of aromatic carboxylic acids is 1. The molecule has 0 aliphatic heterocycles. The van der Waals surface area contributed by atoms with E-state index in [-0.39, 0.29) is 11.5 Å². The van der Waals surface area contributed by atoms with Crippen LogP contribution in [-0.2, 0) is 0 Å². The predicted molar refractivity (Wildman–Crippen MR) is 71.6 cm³/mol. The van der Waals surface area contributed by atoms with Crippen LogP contribution in [0.4, 0.5) is 5.69 Å². The van der Waals surface area contributed by atoms with Gasteiger partial charge in [-0.25, -0.2) is 4.79 Å². The van der Waals surface area contributed by atoms with Crippen LogP contribution in [0.1, 0.15) is 32.0 Å². The number of benzene rings is 1. The van der Waals surface area contributed by atoms with E-state index in [0.29, 0.717) is 16.9 Å². The average molecular weight is 258 g/mol. The molecule has 2 rings (SSSR count). The molecular weight excluding hydrogens is 244 g/mol. The molecule has 1 heterocycles. The third kappa shape index (κ3) is 2.65. The highest BCUT2D eigenvalue weighted by Gasteiger charge is 2.13. The van der Waals surface area contributed by atoms with Gasteiger partial charge in [0.25, 0.3) is 5.91 Å². The largest absolute Gasteiger partial charge is 0.478 e. The number of aromatic nitrogens is 1. The number of anilines is 1. The van der Waals surface area contributed by atoms with Crippen molar-refractivity contribution in [2.45, 2.75) is 13.8 Å². The van der Waals surface area contributed by atoms with Gasteiger partial charge in [-0.1, -0.05) is 0 Å². The van der Waals surface area contributed by atoms with Crippen LogP contribution in [0, 0.1) is 13.8 Å². The zero-order chi connectivity index (χ0) is 14.0. The van der Waals surface area contributed by atoms with Crippen molar-refractivity contribution in [3.8, 4) is 0 Å². The Hall–Kier alpha value is -2.56. The second kappa shape index (κ2) is 4.97. The number of rotatable bonds is 3. The van der Waals surface area contributed by atoms with Crippen LogP contribution in [0.25, 0.3) is 0 Å². The van der Waals surface area contributed by atoms with Crippen LogP contribution in [0.2, 0.25) is 0 Å². The van der Waals surface area contributed by atoms with E-state index in [9.17, 15) is 9.59 Å². The zero-order valence-corrected chi connectivity index (χ0v) is 10.7. The number of carbonyl (C=O) groups excluding carboxylic acids is 1. The summed E-state index contributed by atoms with van der Waals surface area (Å²) in [6.07, 6.45) is 1.65. The molecule has 5 heteroatoms. The number of nitrogens with one attached hydrogen (secondary N) is 2. The van der Waals surface area contributed by atoms with Crippen LogP contribution in [-0.4, -0.2) is 22.0 Å². The molecule has 1 aromatic carbocycles. The number of hydrogen-bond donors (Lipinski definition) is 3. The Morgan fingerprint density at radius 1 is 1.26 bits per heavy atom. The normalized spacial score (nSPS) is 10.2. The van der Waals surface area contributed by atoms with Crippen molar-refractivity contribution in [1.29, 1.82) is 0 Å². The van der Waals surface area contributed by atoms with Crippen molar-refractivity contribution in [3.05, 3.63) is 52.8 Å². The maximum atomic E-state index is 11.9. The molecule has 3 N–H and O–H groups in total.